The Kier molecular flexibility index (Phi) is 5.82. The molecule has 0 saturated carbocycles. The summed E-state index contributed by atoms with van der Waals surface area (Å²) in [5.74, 6) is 1.18. The van der Waals surface area contributed by atoms with E-state index < -0.39 is 12.0 Å². The van der Waals surface area contributed by atoms with Crippen LogP contribution in [0.25, 0.3) is 0 Å². The number of carbonyl (C=O) groups is 1. The zero-order valence-electron chi connectivity index (χ0n) is 13.9. The Hall–Kier alpha value is -2.49. The normalized spacial score (nSPS) is 15.7. The second-order valence-corrected chi connectivity index (χ2v) is 6.54. The highest BCUT2D eigenvalue weighted by Crippen LogP contribution is 2.32. The third-order valence-electron chi connectivity index (χ3n) is 3.54. The Bertz CT molecular complexity index is 840. The van der Waals surface area contributed by atoms with Crippen LogP contribution in [0.4, 0.5) is 0 Å². The number of nitrogens with one attached hydrogen (secondary N) is 1. The maximum atomic E-state index is 12.2. The van der Waals surface area contributed by atoms with Gasteiger partial charge in [0, 0.05) is 0 Å². The van der Waals surface area contributed by atoms with Crippen molar-refractivity contribution < 1.29 is 24.1 Å². The fourth-order valence-electron chi connectivity index (χ4n) is 2.33. The lowest BCUT2D eigenvalue weighted by atomic mass is 10.2. The molecule has 1 amide bonds. The van der Waals surface area contributed by atoms with E-state index in [0.717, 1.165) is 0 Å². The highest BCUT2D eigenvalue weighted by molar-refractivity contribution is 14.1. The number of halogens is 1. The van der Waals surface area contributed by atoms with Crippen LogP contribution >= 0.6 is 22.6 Å². The number of aromatic hydroxyl groups is 1. The molecule has 1 aliphatic rings. The third kappa shape index (κ3) is 4.18. The Morgan fingerprint density at radius 2 is 2.19 bits per heavy atom. The second-order valence-electron chi connectivity index (χ2n) is 5.38. The number of phenolic OH excluding ortho intramolecular Hbond substituents is 1. The van der Waals surface area contributed by atoms with Gasteiger partial charge < -0.3 is 19.3 Å². The van der Waals surface area contributed by atoms with Gasteiger partial charge in [-0.25, -0.2) is 5.43 Å². The van der Waals surface area contributed by atoms with Crippen molar-refractivity contribution in [3.63, 3.8) is 0 Å². The number of amides is 1. The molecule has 0 bridgehead atoms. The summed E-state index contributed by atoms with van der Waals surface area (Å²) in [6, 6.07) is 10.5. The lowest BCUT2D eigenvalue weighted by molar-refractivity contribution is -0.130. The molecule has 8 heteroatoms. The fraction of sp³-hybridized carbons (Fsp3) is 0.222. The summed E-state index contributed by atoms with van der Waals surface area (Å²) in [6.45, 7) is 2.38. The van der Waals surface area contributed by atoms with E-state index in [1.54, 1.807) is 24.3 Å². The van der Waals surface area contributed by atoms with Crippen molar-refractivity contribution in [1.29, 1.82) is 0 Å². The summed E-state index contributed by atoms with van der Waals surface area (Å²) >= 11 is 2.00. The van der Waals surface area contributed by atoms with E-state index in [0.29, 0.717) is 33.0 Å². The first kappa shape index (κ1) is 18.3. The summed E-state index contributed by atoms with van der Waals surface area (Å²) in [6.07, 6.45) is 0.695. The minimum Gasteiger partial charge on any atom is -0.504 e. The number of fused-ring (bicyclic) bond motifs is 1. The molecule has 1 unspecified atom stereocenters. The first-order valence-electron chi connectivity index (χ1n) is 7.95. The molecule has 0 saturated heterocycles. The van der Waals surface area contributed by atoms with Crippen LogP contribution in [0.3, 0.4) is 0 Å². The van der Waals surface area contributed by atoms with Gasteiger partial charge in [0.2, 0.25) is 6.10 Å². The molecular weight excluding hydrogens is 451 g/mol. The Balaban J connectivity index is 1.63. The topological polar surface area (TPSA) is 89.4 Å². The molecule has 1 atom stereocenters. The number of rotatable bonds is 5. The van der Waals surface area contributed by atoms with Crippen molar-refractivity contribution in [2.24, 2.45) is 5.10 Å². The van der Waals surface area contributed by atoms with Crippen molar-refractivity contribution in [1.82, 2.24) is 5.43 Å². The van der Waals surface area contributed by atoms with Gasteiger partial charge in [-0.15, -0.1) is 0 Å². The van der Waals surface area contributed by atoms with Crippen LogP contribution < -0.4 is 19.6 Å². The molecule has 2 aromatic rings. The van der Waals surface area contributed by atoms with Gasteiger partial charge in [-0.3, -0.25) is 4.79 Å². The maximum absolute atomic E-state index is 12.2. The molecule has 2 aromatic carbocycles. The first-order chi connectivity index (χ1) is 12.6. The number of carbonyl (C=O) groups excluding carboxylic acids is 1. The minimum atomic E-state index is -0.777. The molecule has 1 heterocycles. The van der Waals surface area contributed by atoms with Gasteiger partial charge in [0.05, 0.1) is 16.4 Å². The summed E-state index contributed by atoms with van der Waals surface area (Å²) in [4.78, 5) is 12.2. The minimum absolute atomic E-state index is 0.0834. The van der Waals surface area contributed by atoms with Gasteiger partial charge in [-0.2, -0.15) is 5.10 Å². The molecule has 3 rings (SSSR count). The molecule has 1 aliphatic heterocycles. The molecular formula is C18H17IN2O5. The molecule has 2 N–H and O–H groups in total. The highest BCUT2D eigenvalue weighted by atomic mass is 127. The number of nitrogens with zero attached hydrogens (tertiary/aromatic N) is 1. The van der Waals surface area contributed by atoms with Crippen molar-refractivity contribution in [3.8, 4) is 23.0 Å². The monoisotopic (exact) mass is 468 g/mol. The van der Waals surface area contributed by atoms with Crippen molar-refractivity contribution >= 4 is 34.7 Å². The zero-order valence-corrected chi connectivity index (χ0v) is 16.1. The van der Waals surface area contributed by atoms with E-state index in [1.165, 1.54) is 6.21 Å². The number of hydrogen-bond acceptors (Lipinski definition) is 6. The van der Waals surface area contributed by atoms with Crippen molar-refractivity contribution in [2.75, 3.05) is 13.2 Å². The van der Waals surface area contributed by atoms with Crippen LogP contribution in [0.5, 0.6) is 23.0 Å². The summed E-state index contributed by atoms with van der Waals surface area (Å²) < 4.78 is 17.1. The summed E-state index contributed by atoms with van der Waals surface area (Å²) in [7, 11) is 0. The molecule has 0 spiro atoms. The first-order valence-corrected chi connectivity index (χ1v) is 9.03. The number of benzene rings is 2. The average molecular weight is 468 g/mol. The van der Waals surface area contributed by atoms with Crippen LogP contribution in [0, 0.1) is 3.57 Å². The number of ether oxygens (including phenoxy) is 3. The molecule has 26 heavy (non-hydrogen) atoms. The third-order valence-corrected chi connectivity index (χ3v) is 4.36. The Labute approximate surface area is 164 Å². The molecule has 0 aromatic heterocycles. The fourth-order valence-corrected chi connectivity index (χ4v) is 2.95. The number of phenols is 1. The van der Waals surface area contributed by atoms with E-state index >= 15 is 0 Å². The standard InChI is InChI=1S/C18H17IN2O5/c1-2-24-15-8-11(7-12(19)17(15)22)9-20-21-18(23)16-10-25-13-5-3-4-6-14(13)26-16/h3-9,16,22H,2,10H2,1H3,(H,21,23)/b20-9+. The molecule has 0 radical (unpaired) electrons. The Morgan fingerprint density at radius 3 is 2.96 bits per heavy atom. The second kappa shape index (κ2) is 8.26. The van der Waals surface area contributed by atoms with Crippen LogP contribution in [-0.4, -0.2) is 36.5 Å². The Morgan fingerprint density at radius 1 is 1.42 bits per heavy atom. The molecule has 0 aliphatic carbocycles. The van der Waals surface area contributed by atoms with Crippen molar-refractivity contribution in [2.45, 2.75) is 13.0 Å². The van der Waals surface area contributed by atoms with Crippen LogP contribution in [0.15, 0.2) is 41.5 Å². The van der Waals surface area contributed by atoms with E-state index in [-0.39, 0.29) is 12.4 Å². The van der Waals surface area contributed by atoms with E-state index in [1.807, 2.05) is 41.6 Å². The van der Waals surface area contributed by atoms with Gasteiger partial charge in [0.1, 0.15) is 6.61 Å². The predicted octanol–water partition coefficient (Wildman–Crippen LogP) is 2.69. The molecule has 0 fully saturated rings. The van der Waals surface area contributed by atoms with Gasteiger partial charge >= 0.3 is 0 Å². The highest BCUT2D eigenvalue weighted by Gasteiger charge is 2.26. The quantitative estimate of drug-likeness (QED) is 0.400. The van der Waals surface area contributed by atoms with Gasteiger partial charge in [-0.05, 0) is 59.3 Å². The largest absolute Gasteiger partial charge is 0.504 e. The predicted molar refractivity (Wildman–Crippen MR) is 104 cm³/mol. The number of para-hydroxylation sites is 2. The van der Waals surface area contributed by atoms with E-state index in [4.69, 9.17) is 14.2 Å². The van der Waals surface area contributed by atoms with E-state index in [9.17, 15) is 9.90 Å². The van der Waals surface area contributed by atoms with Crippen LogP contribution in [0.2, 0.25) is 0 Å². The lowest BCUT2D eigenvalue weighted by Crippen LogP contribution is -2.42. The van der Waals surface area contributed by atoms with Gasteiger partial charge in [-0.1, -0.05) is 12.1 Å². The SMILES string of the molecule is CCOc1cc(/C=N/NC(=O)C2COc3ccccc3O2)cc(I)c1O. The lowest BCUT2D eigenvalue weighted by Gasteiger charge is -2.24. The molecule has 136 valence electrons. The van der Waals surface area contributed by atoms with E-state index in [2.05, 4.69) is 10.5 Å². The number of hydrazone groups is 1. The smallest absolute Gasteiger partial charge is 0.284 e. The summed E-state index contributed by atoms with van der Waals surface area (Å²) in [5.41, 5.74) is 3.12. The van der Waals surface area contributed by atoms with Gasteiger partial charge in [0.25, 0.3) is 5.91 Å². The average Bonchev–Trinajstić information content (AvgIpc) is 2.65. The van der Waals surface area contributed by atoms with Crippen molar-refractivity contribution in [3.05, 3.63) is 45.5 Å². The molecule has 7 nitrogen and oxygen atoms in total. The van der Waals surface area contributed by atoms with Gasteiger partial charge in [0.15, 0.2) is 23.0 Å². The van der Waals surface area contributed by atoms with Crippen LogP contribution in [-0.2, 0) is 4.79 Å². The number of hydrogen-bond donors (Lipinski definition) is 2. The maximum Gasteiger partial charge on any atom is 0.284 e. The van der Waals surface area contributed by atoms with Crippen LogP contribution in [0.1, 0.15) is 12.5 Å². The zero-order chi connectivity index (χ0) is 18.5. The summed E-state index contributed by atoms with van der Waals surface area (Å²) in [5, 5.41) is 13.9.